The zero-order valence-electron chi connectivity index (χ0n) is 6.65. The van der Waals surface area contributed by atoms with Crippen molar-refractivity contribution in [1.82, 2.24) is 4.98 Å². The van der Waals surface area contributed by atoms with Crippen LogP contribution >= 0.6 is 0 Å². The molecular formula is C8H8N2O2. The summed E-state index contributed by atoms with van der Waals surface area (Å²) >= 11 is 0. The summed E-state index contributed by atoms with van der Waals surface area (Å²) < 4.78 is 0. The van der Waals surface area contributed by atoms with Gasteiger partial charge in [0.05, 0.1) is 10.6 Å². The fraction of sp³-hybridized carbons (Fsp3) is 0.125. The minimum absolute atomic E-state index is 0.0444. The zero-order chi connectivity index (χ0) is 9.14. The third kappa shape index (κ3) is 1.66. The van der Waals surface area contributed by atoms with Crippen LogP contribution in [-0.4, -0.2) is 9.91 Å². The van der Waals surface area contributed by atoms with Crippen LogP contribution in [0.1, 0.15) is 12.6 Å². The van der Waals surface area contributed by atoms with E-state index in [1.54, 1.807) is 6.92 Å². The third-order valence-electron chi connectivity index (χ3n) is 1.39. The van der Waals surface area contributed by atoms with Gasteiger partial charge in [-0.3, -0.25) is 15.1 Å². The van der Waals surface area contributed by atoms with E-state index in [9.17, 15) is 10.1 Å². The van der Waals surface area contributed by atoms with Crippen molar-refractivity contribution in [3.63, 3.8) is 0 Å². The number of rotatable bonds is 2. The van der Waals surface area contributed by atoms with Crippen molar-refractivity contribution in [1.29, 1.82) is 0 Å². The Kier molecular flexibility index (Phi) is 2.19. The second-order valence-electron chi connectivity index (χ2n) is 2.44. The molecule has 62 valence electrons. The molecule has 0 aliphatic rings. The number of hydrogen-bond acceptors (Lipinski definition) is 3. The maximum Gasteiger partial charge on any atom is 0.273 e. The van der Waals surface area contributed by atoms with E-state index in [2.05, 4.69) is 11.6 Å². The van der Waals surface area contributed by atoms with Crippen LogP contribution < -0.4 is 0 Å². The summed E-state index contributed by atoms with van der Waals surface area (Å²) in [6.45, 7) is 5.40. The number of nitro groups is 1. The van der Waals surface area contributed by atoms with Gasteiger partial charge >= 0.3 is 0 Å². The van der Waals surface area contributed by atoms with E-state index in [1.807, 2.05) is 0 Å². The van der Waals surface area contributed by atoms with Crippen molar-refractivity contribution < 1.29 is 4.92 Å². The first-order chi connectivity index (χ1) is 5.61. The molecule has 0 N–H and O–H groups in total. The Morgan fingerprint density at radius 2 is 2.42 bits per heavy atom. The molecule has 1 aromatic rings. The van der Waals surface area contributed by atoms with Crippen LogP contribution in [0.5, 0.6) is 0 Å². The maximum atomic E-state index is 10.3. The molecule has 0 saturated heterocycles. The lowest BCUT2D eigenvalue weighted by molar-refractivity contribution is -0.385. The molecule has 4 heteroatoms. The van der Waals surface area contributed by atoms with Crippen molar-refractivity contribution in [3.8, 4) is 0 Å². The van der Waals surface area contributed by atoms with E-state index in [4.69, 9.17) is 0 Å². The third-order valence-corrected chi connectivity index (χ3v) is 1.39. The average molecular weight is 164 g/mol. The summed E-state index contributed by atoms with van der Waals surface area (Å²) in [7, 11) is 0. The molecule has 0 unspecified atom stereocenters. The highest BCUT2D eigenvalue weighted by molar-refractivity contribution is 5.59. The number of nitrogens with zero attached hydrogens (tertiary/aromatic N) is 2. The second-order valence-corrected chi connectivity index (χ2v) is 2.44. The number of pyridine rings is 1. The number of aromatic nitrogens is 1. The van der Waals surface area contributed by atoms with E-state index in [0.29, 0.717) is 5.69 Å². The Morgan fingerprint density at radius 1 is 1.75 bits per heavy atom. The minimum Gasteiger partial charge on any atom is -0.258 e. The summed E-state index contributed by atoms with van der Waals surface area (Å²) in [5.74, 6) is 0. The quantitative estimate of drug-likeness (QED) is 0.496. The SMILES string of the molecule is C=C(C)c1cc([N+](=O)[O-])ccn1. The summed E-state index contributed by atoms with van der Waals surface area (Å²) in [6, 6.07) is 2.76. The largest absolute Gasteiger partial charge is 0.273 e. The molecule has 12 heavy (non-hydrogen) atoms. The maximum absolute atomic E-state index is 10.3. The van der Waals surface area contributed by atoms with Gasteiger partial charge in [0.25, 0.3) is 5.69 Å². The lowest BCUT2D eigenvalue weighted by atomic mass is 10.2. The van der Waals surface area contributed by atoms with Crippen LogP contribution in [0, 0.1) is 10.1 Å². The first-order valence-corrected chi connectivity index (χ1v) is 3.37. The van der Waals surface area contributed by atoms with Crippen LogP contribution in [-0.2, 0) is 0 Å². The molecule has 1 aromatic heterocycles. The highest BCUT2D eigenvalue weighted by Gasteiger charge is 2.05. The molecule has 0 spiro atoms. The highest BCUT2D eigenvalue weighted by Crippen LogP contribution is 2.15. The summed E-state index contributed by atoms with van der Waals surface area (Å²) in [6.07, 6.45) is 1.40. The van der Waals surface area contributed by atoms with Gasteiger partial charge in [0.15, 0.2) is 0 Å². The van der Waals surface area contributed by atoms with Gasteiger partial charge in [-0.2, -0.15) is 0 Å². The van der Waals surface area contributed by atoms with E-state index in [0.717, 1.165) is 5.57 Å². The predicted octanol–water partition coefficient (Wildman–Crippen LogP) is 2.02. The van der Waals surface area contributed by atoms with Gasteiger partial charge in [0.2, 0.25) is 0 Å². The second kappa shape index (κ2) is 3.13. The van der Waals surface area contributed by atoms with Crippen LogP contribution in [0.2, 0.25) is 0 Å². The molecule has 1 heterocycles. The van der Waals surface area contributed by atoms with E-state index in [-0.39, 0.29) is 5.69 Å². The van der Waals surface area contributed by atoms with Crippen LogP contribution in [0.4, 0.5) is 5.69 Å². The molecule has 0 atom stereocenters. The lowest BCUT2D eigenvalue weighted by Gasteiger charge is -1.96. The highest BCUT2D eigenvalue weighted by atomic mass is 16.6. The first-order valence-electron chi connectivity index (χ1n) is 3.37. The van der Waals surface area contributed by atoms with Gasteiger partial charge in [-0.25, -0.2) is 0 Å². The summed E-state index contributed by atoms with van der Waals surface area (Å²) in [4.78, 5) is 13.8. The Morgan fingerprint density at radius 3 is 2.92 bits per heavy atom. The Hall–Kier alpha value is -1.71. The number of hydrogen-bond donors (Lipinski definition) is 0. The fourth-order valence-electron chi connectivity index (χ4n) is 0.766. The molecule has 4 nitrogen and oxygen atoms in total. The van der Waals surface area contributed by atoms with E-state index in [1.165, 1.54) is 18.3 Å². The van der Waals surface area contributed by atoms with Gasteiger partial charge in [-0.15, -0.1) is 0 Å². The summed E-state index contributed by atoms with van der Waals surface area (Å²) in [5.41, 5.74) is 1.32. The van der Waals surface area contributed by atoms with Crippen molar-refractivity contribution in [2.75, 3.05) is 0 Å². The molecule has 0 amide bonds. The standard InChI is InChI=1S/C8H8N2O2/c1-6(2)8-5-7(10(11)12)3-4-9-8/h3-5H,1H2,2H3. The van der Waals surface area contributed by atoms with Gasteiger partial charge in [0.1, 0.15) is 0 Å². The van der Waals surface area contributed by atoms with Crippen molar-refractivity contribution in [2.45, 2.75) is 6.92 Å². The van der Waals surface area contributed by atoms with Gasteiger partial charge in [0, 0.05) is 18.3 Å². The molecule has 0 fully saturated rings. The zero-order valence-corrected chi connectivity index (χ0v) is 6.65. The average Bonchev–Trinajstić information content (AvgIpc) is 2.04. The Balaban J connectivity index is 3.12. The Labute approximate surface area is 69.7 Å². The van der Waals surface area contributed by atoms with Crippen LogP contribution in [0.3, 0.4) is 0 Å². The van der Waals surface area contributed by atoms with Crippen molar-refractivity contribution in [2.24, 2.45) is 0 Å². The van der Waals surface area contributed by atoms with E-state index < -0.39 is 4.92 Å². The Bertz CT molecular complexity index is 304. The van der Waals surface area contributed by atoms with Gasteiger partial charge in [-0.05, 0) is 12.5 Å². The van der Waals surface area contributed by atoms with E-state index >= 15 is 0 Å². The van der Waals surface area contributed by atoms with Gasteiger partial charge < -0.3 is 0 Å². The van der Waals surface area contributed by atoms with Crippen LogP contribution in [0.25, 0.3) is 5.57 Å². The van der Waals surface area contributed by atoms with Gasteiger partial charge in [-0.1, -0.05) is 6.58 Å². The molecule has 0 saturated carbocycles. The van der Waals surface area contributed by atoms with Crippen molar-refractivity contribution in [3.05, 3.63) is 40.7 Å². The minimum atomic E-state index is -0.450. The topological polar surface area (TPSA) is 56.0 Å². The predicted molar refractivity (Wildman–Crippen MR) is 45.6 cm³/mol. The lowest BCUT2D eigenvalue weighted by Crippen LogP contribution is -1.91. The monoisotopic (exact) mass is 164 g/mol. The molecular weight excluding hydrogens is 156 g/mol. The molecule has 0 bridgehead atoms. The summed E-state index contributed by atoms with van der Waals surface area (Å²) in [5, 5.41) is 10.3. The fourth-order valence-corrected chi connectivity index (χ4v) is 0.766. The molecule has 0 aliphatic heterocycles. The van der Waals surface area contributed by atoms with Crippen LogP contribution in [0.15, 0.2) is 24.9 Å². The normalized spacial score (nSPS) is 9.42. The molecule has 1 rings (SSSR count). The van der Waals surface area contributed by atoms with Crippen molar-refractivity contribution >= 4 is 11.3 Å². The molecule has 0 radical (unpaired) electrons. The molecule has 0 aliphatic carbocycles. The first kappa shape index (κ1) is 8.39. The smallest absolute Gasteiger partial charge is 0.258 e. The molecule has 0 aromatic carbocycles. The number of allylic oxidation sites excluding steroid dienone is 1.